The first-order valence-corrected chi connectivity index (χ1v) is 9.40. The fourth-order valence-electron chi connectivity index (χ4n) is 2.93. The highest BCUT2D eigenvalue weighted by Gasteiger charge is 2.39. The monoisotopic (exact) mass is 362 g/mol. The van der Waals surface area contributed by atoms with Crippen LogP contribution in [0.1, 0.15) is 12.5 Å². The zero-order valence-electron chi connectivity index (χ0n) is 14.0. The summed E-state index contributed by atoms with van der Waals surface area (Å²) in [5.74, 6) is -0.805. The van der Waals surface area contributed by atoms with Crippen molar-refractivity contribution in [3.63, 3.8) is 0 Å². The normalized spacial score (nSPS) is 19.2. The van der Waals surface area contributed by atoms with E-state index in [1.165, 1.54) is 27.4 Å². The summed E-state index contributed by atoms with van der Waals surface area (Å²) < 4.78 is 40.3. The minimum atomic E-state index is -3.76. The maximum atomic E-state index is 13.4. The lowest BCUT2D eigenvalue weighted by Crippen LogP contribution is -2.57. The van der Waals surface area contributed by atoms with Gasteiger partial charge >= 0.3 is 0 Å². The average molecular weight is 362 g/mol. The summed E-state index contributed by atoms with van der Waals surface area (Å²) in [4.78, 5) is 14.3. The van der Waals surface area contributed by atoms with E-state index in [0.717, 1.165) is 5.56 Å². The van der Waals surface area contributed by atoms with Crippen LogP contribution in [0.25, 0.3) is 0 Å². The van der Waals surface area contributed by atoms with E-state index in [4.69, 9.17) is 0 Å². The highest BCUT2D eigenvalue weighted by atomic mass is 32.2. The van der Waals surface area contributed by atoms with Gasteiger partial charge in [0.15, 0.2) is 0 Å². The van der Waals surface area contributed by atoms with Gasteiger partial charge in [0, 0.05) is 18.8 Å². The molecule has 0 aliphatic carbocycles. The lowest BCUT2D eigenvalue weighted by Gasteiger charge is -2.38. The lowest BCUT2D eigenvalue weighted by molar-refractivity contribution is -0.123. The molecule has 1 aliphatic heterocycles. The van der Waals surface area contributed by atoms with Gasteiger partial charge < -0.3 is 4.90 Å². The van der Waals surface area contributed by atoms with Crippen molar-refractivity contribution in [1.29, 1.82) is 0 Å². The molecule has 1 fully saturated rings. The zero-order valence-corrected chi connectivity index (χ0v) is 14.8. The van der Waals surface area contributed by atoms with Crippen molar-refractivity contribution in [3.05, 3.63) is 59.9 Å². The highest BCUT2D eigenvalue weighted by molar-refractivity contribution is 7.89. The van der Waals surface area contributed by atoms with Gasteiger partial charge in [-0.1, -0.05) is 23.8 Å². The number of carbonyl (C=O) groups excluding carboxylic acids is 1. The number of rotatable bonds is 3. The summed E-state index contributed by atoms with van der Waals surface area (Å²) in [6, 6.07) is 11.4. The van der Waals surface area contributed by atoms with Crippen LogP contribution in [0, 0.1) is 12.7 Å². The Hall–Kier alpha value is -2.25. The maximum Gasteiger partial charge on any atom is 0.245 e. The molecule has 5 nitrogen and oxygen atoms in total. The van der Waals surface area contributed by atoms with Gasteiger partial charge in [0.1, 0.15) is 11.9 Å². The molecule has 7 heteroatoms. The predicted octanol–water partition coefficient (Wildman–Crippen LogP) is 2.56. The number of amides is 1. The molecule has 0 radical (unpaired) electrons. The molecule has 132 valence electrons. The number of aryl methyl sites for hydroxylation is 1. The van der Waals surface area contributed by atoms with E-state index in [1.807, 2.05) is 6.92 Å². The lowest BCUT2D eigenvalue weighted by atomic mass is 10.2. The third-order valence-corrected chi connectivity index (χ3v) is 6.33. The number of piperazine rings is 1. The molecule has 25 heavy (non-hydrogen) atoms. The second-order valence-corrected chi connectivity index (χ2v) is 7.97. The number of carbonyl (C=O) groups is 1. The molecule has 1 atom stereocenters. The molecule has 2 aromatic rings. The Balaban J connectivity index is 1.87. The van der Waals surface area contributed by atoms with Gasteiger partial charge in [-0.25, -0.2) is 12.8 Å². The Morgan fingerprint density at radius 1 is 1.08 bits per heavy atom. The number of benzene rings is 2. The number of anilines is 1. The number of sulfonamides is 1. The van der Waals surface area contributed by atoms with Crippen LogP contribution in [0.15, 0.2) is 53.4 Å². The fraction of sp³-hybridized carbons (Fsp3) is 0.278. The first-order valence-electron chi connectivity index (χ1n) is 7.96. The Morgan fingerprint density at radius 3 is 2.40 bits per heavy atom. The highest BCUT2D eigenvalue weighted by Crippen LogP contribution is 2.26. The Labute approximate surface area is 146 Å². The van der Waals surface area contributed by atoms with Gasteiger partial charge in [-0.05, 0) is 44.2 Å². The Morgan fingerprint density at radius 2 is 1.76 bits per heavy atom. The van der Waals surface area contributed by atoms with Crippen LogP contribution in [-0.4, -0.2) is 37.8 Å². The van der Waals surface area contributed by atoms with E-state index in [2.05, 4.69) is 0 Å². The zero-order chi connectivity index (χ0) is 18.2. The van der Waals surface area contributed by atoms with Crippen LogP contribution in [0.2, 0.25) is 0 Å². The number of hydrogen-bond acceptors (Lipinski definition) is 3. The van der Waals surface area contributed by atoms with Crippen LogP contribution in [-0.2, 0) is 14.8 Å². The molecule has 0 unspecified atom stereocenters. The maximum absolute atomic E-state index is 13.4. The van der Waals surface area contributed by atoms with E-state index in [1.54, 1.807) is 37.3 Å². The van der Waals surface area contributed by atoms with Crippen molar-refractivity contribution < 1.29 is 17.6 Å². The molecule has 3 rings (SSSR count). The first-order chi connectivity index (χ1) is 11.8. The molecule has 1 heterocycles. The van der Waals surface area contributed by atoms with Gasteiger partial charge in [0.25, 0.3) is 0 Å². The summed E-state index contributed by atoms with van der Waals surface area (Å²) >= 11 is 0. The molecule has 1 saturated heterocycles. The largest absolute Gasteiger partial charge is 0.310 e. The molecule has 2 aromatic carbocycles. The van der Waals surface area contributed by atoms with Crippen LogP contribution in [0.4, 0.5) is 10.1 Å². The quantitative estimate of drug-likeness (QED) is 0.843. The van der Waals surface area contributed by atoms with E-state index in [0.29, 0.717) is 5.69 Å². The van der Waals surface area contributed by atoms with Crippen molar-refractivity contribution in [3.8, 4) is 0 Å². The van der Waals surface area contributed by atoms with Crippen LogP contribution >= 0.6 is 0 Å². The topological polar surface area (TPSA) is 57.7 Å². The second kappa shape index (κ2) is 6.57. The standard InChI is InChI=1S/C18H19FN2O3S/c1-13-6-8-17(9-7-13)25(23,24)21-11-10-20(18(22)14(21)2)16-5-3-4-15(19)12-16/h3-9,12,14H,10-11H2,1-2H3/t14-/m1/s1. The molecule has 0 aromatic heterocycles. The minimum absolute atomic E-state index is 0.152. The van der Waals surface area contributed by atoms with Crippen LogP contribution in [0.5, 0.6) is 0 Å². The van der Waals surface area contributed by atoms with Crippen molar-refractivity contribution in [1.82, 2.24) is 4.31 Å². The van der Waals surface area contributed by atoms with Gasteiger partial charge in [0.05, 0.1) is 4.90 Å². The number of hydrogen-bond donors (Lipinski definition) is 0. The van der Waals surface area contributed by atoms with E-state index in [-0.39, 0.29) is 23.9 Å². The third kappa shape index (κ3) is 3.29. The Bertz CT molecular complexity index is 897. The SMILES string of the molecule is Cc1ccc(S(=O)(=O)N2CCN(c3cccc(F)c3)C(=O)[C@H]2C)cc1. The molecule has 0 N–H and O–H groups in total. The summed E-state index contributed by atoms with van der Waals surface area (Å²) in [7, 11) is -3.76. The van der Waals surface area contributed by atoms with Crippen LogP contribution in [0.3, 0.4) is 0 Å². The van der Waals surface area contributed by atoms with Crippen molar-refractivity contribution >= 4 is 21.6 Å². The van der Waals surface area contributed by atoms with Crippen LogP contribution < -0.4 is 4.90 Å². The predicted molar refractivity (Wildman–Crippen MR) is 93.3 cm³/mol. The second-order valence-electron chi connectivity index (χ2n) is 6.07. The van der Waals surface area contributed by atoms with E-state index in [9.17, 15) is 17.6 Å². The average Bonchev–Trinajstić information content (AvgIpc) is 2.57. The van der Waals surface area contributed by atoms with Gasteiger partial charge in [-0.3, -0.25) is 4.79 Å². The fourth-order valence-corrected chi connectivity index (χ4v) is 4.50. The Kier molecular flexibility index (Phi) is 4.62. The van der Waals surface area contributed by atoms with Gasteiger partial charge in [0.2, 0.25) is 15.9 Å². The molecular formula is C18H19FN2O3S. The summed E-state index contributed by atoms with van der Waals surface area (Å²) in [6.07, 6.45) is 0. The van der Waals surface area contributed by atoms with Gasteiger partial charge in [-0.15, -0.1) is 0 Å². The summed E-state index contributed by atoms with van der Waals surface area (Å²) in [5, 5.41) is 0. The third-order valence-electron chi connectivity index (χ3n) is 4.35. The van der Waals surface area contributed by atoms with Crippen molar-refractivity contribution in [2.45, 2.75) is 24.8 Å². The minimum Gasteiger partial charge on any atom is -0.310 e. The van der Waals surface area contributed by atoms with Crippen molar-refractivity contribution in [2.24, 2.45) is 0 Å². The molecule has 0 spiro atoms. The number of nitrogens with zero attached hydrogens (tertiary/aromatic N) is 2. The summed E-state index contributed by atoms with van der Waals surface area (Å²) in [5.41, 5.74) is 1.39. The molecule has 1 aliphatic rings. The first kappa shape index (κ1) is 17.6. The van der Waals surface area contributed by atoms with E-state index >= 15 is 0 Å². The molecule has 1 amide bonds. The van der Waals surface area contributed by atoms with E-state index < -0.39 is 21.9 Å². The molecule has 0 bridgehead atoms. The summed E-state index contributed by atoms with van der Waals surface area (Å²) in [6.45, 7) is 3.76. The smallest absolute Gasteiger partial charge is 0.245 e. The molecule has 0 saturated carbocycles. The number of halogens is 1. The van der Waals surface area contributed by atoms with Gasteiger partial charge in [-0.2, -0.15) is 4.31 Å². The molecular weight excluding hydrogens is 343 g/mol. The van der Waals surface area contributed by atoms with Crippen molar-refractivity contribution in [2.75, 3.05) is 18.0 Å².